The van der Waals surface area contributed by atoms with Gasteiger partial charge in [-0.2, -0.15) is 10.1 Å². The molecule has 40 heavy (non-hydrogen) atoms. The molecule has 0 saturated heterocycles. The predicted molar refractivity (Wildman–Crippen MR) is 159 cm³/mol. The van der Waals surface area contributed by atoms with E-state index in [4.69, 9.17) is 4.74 Å². The summed E-state index contributed by atoms with van der Waals surface area (Å²) in [7, 11) is 1.93. The molecule has 4 aromatic rings. The minimum Gasteiger partial charge on any atom is -0.466 e. The number of ether oxygens (including phenoxy) is 1. The van der Waals surface area contributed by atoms with E-state index in [0.29, 0.717) is 20.6 Å². The fourth-order valence-electron chi connectivity index (χ4n) is 4.67. The van der Waals surface area contributed by atoms with Crippen LogP contribution in [0.1, 0.15) is 13.3 Å². The maximum absolute atomic E-state index is 14.2. The lowest BCUT2D eigenvalue weighted by Gasteiger charge is -2.11. The topological polar surface area (TPSA) is 84.2 Å². The van der Waals surface area contributed by atoms with Gasteiger partial charge >= 0.3 is 5.97 Å². The highest BCUT2D eigenvalue weighted by Crippen LogP contribution is 2.45. The van der Waals surface area contributed by atoms with Gasteiger partial charge in [0.05, 0.1) is 35.8 Å². The zero-order valence-electron chi connectivity index (χ0n) is 21.7. The largest absolute Gasteiger partial charge is 0.466 e. The van der Waals surface area contributed by atoms with E-state index in [0.717, 1.165) is 15.6 Å². The van der Waals surface area contributed by atoms with E-state index in [1.54, 1.807) is 23.6 Å². The summed E-state index contributed by atoms with van der Waals surface area (Å²) in [4.78, 5) is 43.8. The van der Waals surface area contributed by atoms with Crippen molar-refractivity contribution in [3.63, 3.8) is 0 Å². The molecule has 3 heterocycles. The molecule has 2 aliphatic rings. The van der Waals surface area contributed by atoms with Gasteiger partial charge in [0.2, 0.25) is 0 Å². The third-order valence-corrected chi connectivity index (χ3v) is 9.01. The smallest absolute Gasteiger partial charge is 0.311 e. The molecule has 6 rings (SSSR count). The number of anilines is 2. The maximum Gasteiger partial charge on any atom is 0.311 e. The monoisotopic (exact) mass is 568 g/mol. The number of para-hydroxylation sites is 3. The van der Waals surface area contributed by atoms with Crippen LogP contribution in [0.25, 0.3) is 16.3 Å². The number of thioether (sulfide) groups is 1. The number of amides is 1. The van der Waals surface area contributed by atoms with Crippen LogP contribution in [0.2, 0.25) is 0 Å². The standard InChI is InChI=1S/C30H24N4O4S2/c1-3-38-24(35)18-21-25(27(36)34(31-21)20-14-8-5-9-15-20)29-33(19-12-6-4-7-13-19)28(37)26(40-29)30-32(2)22-16-10-11-17-23(22)39-30/h4-17H,3,18H2,1-2H3/b29-25+,30-26-. The molecular formula is C30H24N4O4S2. The van der Waals surface area contributed by atoms with Gasteiger partial charge in [-0.3, -0.25) is 19.0 Å². The number of nitrogens with zero attached hydrogens (tertiary/aromatic N) is 4. The molecule has 0 unspecified atom stereocenters. The molecule has 200 valence electrons. The molecule has 0 saturated carbocycles. The molecule has 0 radical (unpaired) electrons. The highest BCUT2D eigenvalue weighted by molar-refractivity contribution is 8.08. The highest BCUT2D eigenvalue weighted by Gasteiger charge is 2.35. The Morgan fingerprint density at radius 2 is 1.55 bits per heavy atom. The number of fused-ring (bicyclic) bond motifs is 1. The van der Waals surface area contributed by atoms with E-state index in [1.165, 1.54) is 28.1 Å². The number of carbonyl (C=O) groups is 2. The molecule has 0 N–H and O–H groups in total. The number of aromatic nitrogens is 1. The number of carbonyl (C=O) groups excluding carboxylic acids is 2. The van der Waals surface area contributed by atoms with Crippen LogP contribution in [-0.4, -0.2) is 35.8 Å². The van der Waals surface area contributed by atoms with Crippen molar-refractivity contribution >= 4 is 62.7 Å². The normalized spacial score (nSPS) is 17.2. The lowest BCUT2D eigenvalue weighted by molar-refractivity contribution is -0.141. The van der Waals surface area contributed by atoms with Crippen LogP contribution in [0.3, 0.4) is 0 Å². The summed E-state index contributed by atoms with van der Waals surface area (Å²) in [6, 6.07) is 26.2. The molecule has 2 aliphatic heterocycles. The van der Waals surface area contributed by atoms with Gasteiger partial charge < -0.3 is 9.64 Å². The average molecular weight is 569 g/mol. The van der Waals surface area contributed by atoms with Crippen LogP contribution in [0.4, 0.5) is 11.4 Å². The van der Waals surface area contributed by atoms with Gasteiger partial charge in [-0.1, -0.05) is 60.3 Å². The van der Waals surface area contributed by atoms with Crippen LogP contribution in [0.15, 0.2) is 99.7 Å². The Balaban J connectivity index is 1.65. The Morgan fingerprint density at radius 3 is 2.23 bits per heavy atom. The van der Waals surface area contributed by atoms with Crippen LogP contribution in [-0.2, 0) is 14.3 Å². The second-order valence-corrected chi connectivity index (χ2v) is 11.0. The molecule has 1 aromatic heterocycles. The summed E-state index contributed by atoms with van der Waals surface area (Å²) in [5, 5.41) is 6.63. The summed E-state index contributed by atoms with van der Waals surface area (Å²) in [6.45, 7) is 1.93. The van der Waals surface area contributed by atoms with Crippen LogP contribution in [0, 0.1) is 0 Å². The van der Waals surface area contributed by atoms with E-state index in [1.807, 2.05) is 84.7 Å². The van der Waals surface area contributed by atoms with Gasteiger partial charge in [0.15, 0.2) is 0 Å². The fourth-order valence-corrected chi connectivity index (χ4v) is 7.18. The first-order chi connectivity index (χ1) is 19.5. The van der Waals surface area contributed by atoms with Gasteiger partial charge in [0.25, 0.3) is 11.5 Å². The van der Waals surface area contributed by atoms with Crippen molar-refractivity contribution in [3.05, 3.63) is 104 Å². The Morgan fingerprint density at radius 1 is 0.900 bits per heavy atom. The maximum atomic E-state index is 14.2. The first kappa shape index (κ1) is 25.8. The number of hydrogen-bond acceptors (Lipinski definition) is 8. The van der Waals surface area contributed by atoms with E-state index in [9.17, 15) is 14.4 Å². The predicted octanol–water partition coefficient (Wildman–Crippen LogP) is 3.71. The van der Waals surface area contributed by atoms with Crippen molar-refractivity contribution in [1.82, 2.24) is 4.57 Å². The van der Waals surface area contributed by atoms with E-state index < -0.39 is 11.9 Å². The quantitative estimate of drug-likeness (QED) is 0.342. The lowest BCUT2D eigenvalue weighted by atomic mass is 10.1. The molecule has 0 bridgehead atoms. The number of hydrogen-bond donors (Lipinski definition) is 0. The van der Waals surface area contributed by atoms with Crippen molar-refractivity contribution in [2.75, 3.05) is 23.6 Å². The Kier molecular flexibility index (Phi) is 6.87. The van der Waals surface area contributed by atoms with Crippen molar-refractivity contribution < 1.29 is 14.3 Å². The molecule has 0 aliphatic carbocycles. The van der Waals surface area contributed by atoms with Gasteiger partial charge in [0.1, 0.15) is 19.8 Å². The third kappa shape index (κ3) is 4.44. The minimum absolute atomic E-state index is 0.203. The third-order valence-electron chi connectivity index (χ3n) is 6.49. The summed E-state index contributed by atoms with van der Waals surface area (Å²) >= 11 is 2.75. The molecule has 0 atom stereocenters. The molecule has 0 fully saturated rings. The van der Waals surface area contributed by atoms with Crippen LogP contribution < -0.4 is 24.7 Å². The first-order valence-electron chi connectivity index (χ1n) is 12.7. The SMILES string of the molecule is CCOC(=O)CC1=NN(c2ccccc2)C(=O)/C1=c1/s/c(=C2\Sc3ccccc3N2C)c(=O)n1-c1ccccc1. The Labute approximate surface area is 238 Å². The zero-order chi connectivity index (χ0) is 27.8. The number of benzene rings is 3. The fraction of sp³-hybridized carbons (Fsp3) is 0.133. The molecule has 1 amide bonds. The molecule has 0 spiro atoms. The molecular weight excluding hydrogens is 544 g/mol. The second-order valence-electron chi connectivity index (χ2n) is 9.00. The summed E-state index contributed by atoms with van der Waals surface area (Å²) < 4.78 is 7.65. The zero-order valence-corrected chi connectivity index (χ0v) is 23.4. The molecule has 8 nitrogen and oxygen atoms in total. The number of hydrazone groups is 1. The Bertz CT molecular complexity index is 1850. The highest BCUT2D eigenvalue weighted by atomic mass is 32.2. The minimum atomic E-state index is -0.497. The van der Waals surface area contributed by atoms with Gasteiger partial charge in [-0.15, -0.1) is 11.3 Å². The number of rotatable bonds is 5. The first-order valence-corrected chi connectivity index (χ1v) is 14.3. The van der Waals surface area contributed by atoms with E-state index >= 15 is 0 Å². The van der Waals surface area contributed by atoms with E-state index in [-0.39, 0.29) is 29.9 Å². The number of esters is 1. The van der Waals surface area contributed by atoms with Crippen LogP contribution in [0.5, 0.6) is 0 Å². The number of thiazole rings is 1. The average Bonchev–Trinajstić information content (AvgIpc) is 3.60. The van der Waals surface area contributed by atoms with Crippen molar-refractivity contribution in [2.45, 2.75) is 18.2 Å². The molecule has 3 aromatic carbocycles. The summed E-state index contributed by atoms with van der Waals surface area (Å²) in [5.41, 5.74) is 2.39. The van der Waals surface area contributed by atoms with Gasteiger partial charge in [-0.05, 0) is 43.3 Å². The van der Waals surface area contributed by atoms with Crippen molar-refractivity contribution in [2.24, 2.45) is 5.10 Å². The van der Waals surface area contributed by atoms with Gasteiger partial charge in [-0.25, -0.2) is 0 Å². The summed E-state index contributed by atoms with van der Waals surface area (Å²) in [5.74, 6) is -0.911. The van der Waals surface area contributed by atoms with Gasteiger partial charge in [0, 0.05) is 11.9 Å². The van der Waals surface area contributed by atoms with Crippen LogP contribution >= 0.6 is 23.1 Å². The molecule has 10 heteroatoms. The van der Waals surface area contributed by atoms with Crippen molar-refractivity contribution in [3.8, 4) is 5.69 Å². The van der Waals surface area contributed by atoms with E-state index in [2.05, 4.69) is 5.10 Å². The summed E-state index contributed by atoms with van der Waals surface area (Å²) in [6.07, 6.45) is -0.203. The second kappa shape index (κ2) is 10.6. The Hall–Kier alpha value is -4.41. The van der Waals surface area contributed by atoms with Crippen molar-refractivity contribution in [1.29, 1.82) is 0 Å². The lowest BCUT2D eigenvalue weighted by Crippen LogP contribution is -2.35.